The van der Waals surface area contributed by atoms with Crippen molar-refractivity contribution in [1.29, 1.82) is 0 Å². The number of hydrogen-bond acceptors (Lipinski definition) is 4. The van der Waals surface area contributed by atoms with Crippen molar-refractivity contribution in [1.82, 2.24) is 29.9 Å². The van der Waals surface area contributed by atoms with Gasteiger partial charge in [0.1, 0.15) is 11.4 Å². The first-order valence-electron chi connectivity index (χ1n) is 9.47. The highest BCUT2D eigenvalue weighted by atomic mass is 19.4. The Morgan fingerprint density at radius 1 is 1.06 bits per heavy atom. The molecule has 1 N–H and O–H groups in total. The number of aromatic nitrogens is 5. The third-order valence-corrected chi connectivity index (χ3v) is 5.09. The molecule has 0 saturated carbocycles. The molecule has 0 saturated heterocycles. The number of alkyl halides is 6. The first kappa shape index (κ1) is 21.8. The molecule has 7 nitrogen and oxygen atoms in total. The molecule has 0 aromatic carbocycles. The summed E-state index contributed by atoms with van der Waals surface area (Å²) in [7, 11) is 1.23. The molecule has 3 aromatic rings. The van der Waals surface area contributed by atoms with Crippen molar-refractivity contribution in [2.45, 2.75) is 37.8 Å². The molecule has 32 heavy (non-hydrogen) atoms. The van der Waals surface area contributed by atoms with Gasteiger partial charge >= 0.3 is 12.4 Å². The van der Waals surface area contributed by atoms with Gasteiger partial charge in [0.05, 0.1) is 17.4 Å². The maximum Gasteiger partial charge on any atom is 0.435 e. The molecule has 0 radical (unpaired) electrons. The predicted octanol–water partition coefficient (Wildman–Crippen LogP) is 3.98. The summed E-state index contributed by atoms with van der Waals surface area (Å²) < 4.78 is 80.0. The zero-order valence-electron chi connectivity index (χ0n) is 16.5. The van der Waals surface area contributed by atoms with Crippen molar-refractivity contribution < 1.29 is 31.1 Å². The fourth-order valence-electron chi connectivity index (χ4n) is 3.57. The van der Waals surface area contributed by atoms with E-state index >= 15 is 0 Å². The maximum atomic E-state index is 13.0. The van der Waals surface area contributed by atoms with Crippen molar-refractivity contribution in [3.63, 3.8) is 0 Å². The average molecular weight is 458 g/mol. The number of aryl methyl sites for hydroxylation is 2. The molecule has 4 heterocycles. The first-order valence-corrected chi connectivity index (χ1v) is 9.47. The quantitative estimate of drug-likeness (QED) is 0.603. The number of carbonyl (C=O) groups excluding carboxylic acids is 1. The topological polar surface area (TPSA) is 77.6 Å². The molecule has 170 valence electrons. The van der Waals surface area contributed by atoms with Crippen LogP contribution in [0.25, 0.3) is 11.3 Å². The lowest BCUT2D eigenvalue weighted by Crippen LogP contribution is -2.33. The lowest BCUT2D eigenvalue weighted by molar-refractivity contribution is -0.142. The number of rotatable bonds is 3. The Morgan fingerprint density at radius 3 is 2.44 bits per heavy atom. The normalized spacial score (nSPS) is 16.7. The highest BCUT2D eigenvalue weighted by molar-refractivity contribution is 5.93. The Kier molecular flexibility index (Phi) is 5.21. The number of nitrogens with one attached hydrogen (secondary N) is 1. The lowest BCUT2D eigenvalue weighted by atomic mass is 10.0. The molecule has 1 unspecified atom stereocenters. The molecule has 1 aliphatic heterocycles. The maximum absolute atomic E-state index is 13.0. The summed E-state index contributed by atoms with van der Waals surface area (Å²) in [5.74, 6) is -0.750. The predicted molar refractivity (Wildman–Crippen MR) is 98.1 cm³/mol. The van der Waals surface area contributed by atoms with Crippen LogP contribution in [-0.2, 0) is 25.9 Å². The van der Waals surface area contributed by atoms with Gasteiger partial charge in [0.2, 0.25) is 0 Å². The van der Waals surface area contributed by atoms with Crippen LogP contribution in [0.1, 0.15) is 46.5 Å². The van der Waals surface area contributed by atoms with Gasteiger partial charge in [-0.3, -0.25) is 19.1 Å². The molecule has 1 aliphatic rings. The van der Waals surface area contributed by atoms with Crippen molar-refractivity contribution >= 4 is 5.91 Å². The Bertz CT molecular complexity index is 1160. The highest BCUT2D eigenvalue weighted by Crippen LogP contribution is 2.33. The highest BCUT2D eigenvalue weighted by Gasteiger charge is 2.36. The molecular weight excluding hydrogens is 442 g/mol. The molecule has 1 amide bonds. The third-order valence-electron chi connectivity index (χ3n) is 5.09. The van der Waals surface area contributed by atoms with E-state index in [0.29, 0.717) is 31.1 Å². The number of fused-ring (bicyclic) bond motifs is 1. The average Bonchev–Trinajstić information content (AvgIpc) is 3.32. The van der Waals surface area contributed by atoms with Crippen LogP contribution in [-0.4, -0.2) is 30.5 Å². The number of nitrogens with zero attached hydrogens (tertiary/aromatic N) is 5. The van der Waals surface area contributed by atoms with Crippen LogP contribution < -0.4 is 5.32 Å². The lowest BCUT2D eigenvalue weighted by Gasteiger charge is -2.24. The monoisotopic (exact) mass is 458 g/mol. The van der Waals surface area contributed by atoms with E-state index in [1.165, 1.54) is 13.1 Å². The Balaban J connectivity index is 1.60. The minimum absolute atomic E-state index is 0.209. The second-order valence-corrected chi connectivity index (χ2v) is 7.31. The molecule has 3 aromatic heterocycles. The van der Waals surface area contributed by atoms with Gasteiger partial charge in [0.25, 0.3) is 5.91 Å². The molecule has 0 bridgehead atoms. The fourth-order valence-corrected chi connectivity index (χ4v) is 3.57. The van der Waals surface area contributed by atoms with Crippen molar-refractivity contribution in [2.24, 2.45) is 7.05 Å². The van der Waals surface area contributed by atoms with Gasteiger partial charge in [0, 0.05) is 31.4 Å². The fraction of sp³-hybridized carbons (Fsp3) is 0.368. The largest absolute Gasteiger partial charge is 0.435 e. The zero-order valence-corrected chi connectivity index (χ0v) is 16.5. The molecule has 0 fully saturated rings. The Labute approximate surface area is 177 Å². The molecule has 0 aliphatic carbocycles. The van der Waals surface area contributed by atoms with Gasteiger partial charge in [-0.25, -0.2) is 0 Å². The van der Waals surface area contributed by atoms with E-state index in [9.17, 15) is 31.1 Å². The van der Waals surface area contributed by atoms with Crippen LogP contribution in [0.5, 0.6) is 0 Å². The molecular formula is C19H16F6N6O. The summed E-state index contributed by atoms with van der Waals surface area (Å²) in [5.41, 5.74) is -1.47. The zero-order chi connectivity index (χ0) is 23.3. The molecule has 0 spiro atoms. The summed E-state index contributed by atoms with van der Waals surface area (Å²) >= 11 is 0. The first-order chi connectivity index (χ1) is 14.9. The van der Waals surface area contributed by atoms with Gasteiger partial charge in [-0.15, -0.1) is 0 Å². The number of carbonyl (C=O) groups is 1. The van der Waals surface area contributed by atoms with Crippen LogP contribution in [0.3, 0.4) is 0 Å². The van der Waals surface area contributed by atoms with E-state index in [0.717, 1.165) is 16.9 Å². The van der Waals surface area contributed by atoms with Crippen molar-refractivity contribution in [2.75, 3.05) is 0 Å². The molecule has 13 heteroatoms. The Morgan fingerprint density at radius 2 is 1.78 bits per heavy atom. The molecule has 1 atom stereocenters. The second-order valence-electron chi connectivity index (χ2n) is 7.31. The number of pyridine rings is 1. The Hall–Kier alpha value is -3.38. The van der Waals surface area contributed by atoms with Gasteiger partial charge in [0.15, 0.2) is 5.69 Å². The van der Waals surface area contributed by atoms with Crippen LogP contribution in [0.2, 0.25) is 0 Å². The van der Waals surface area contributed by atoms with E-state index in [4.69, 9.17) is 0 Å². The van der Waals surface area contributed by atoms with Gasteiger partial charge in [-0.1, -0.05) is 0 Å². The standard InChI is InChI=1S/C19H16F6N6O/c1-30-14(9-16(29-30)19(23,24)25)17(32)27-11-3-2-6-31-13(11)8-12(28-31)10-4-5-26-15(7-10)18(20,21)22/h4-5,7-9,11H,2-3,6H2,1H3,(H,27,32). The van der Waals surface area contributed by atoms with E-state index in [2.05, 4.69) is 20.5 Å². The number of amides is 1. The van der Waals surface area contributed by atoms with E-state index in [1.54, 1.807) is 10.7 Å². The summed E-state index contributed by atoms with van der Waals surface area (Å²) in [4.78, 5) is 15.9. The summed E-state index contributed by atoms with van der Waals surface area (Å²) in [6.07, 6.45) is -7.15. The summed E-state index contributed by atoms with van der Waals surface area (Å²) in [6.45, 7) is 0.489. The summed E-state index contributed by atoms with van der Waals surface area (Å²) in [6, 6.07) is 3.92. The number of halogens is 6. The van der Waals surface area contributed by atoms with Gasteiger partial charge in [-0.2, -0.15) is 36.5 Å². The third kappa shape index (κ3) is 4.18. The van der Waals surface area contributed by atoms with E-state index in [-0.39, 0.29) is 17.0 Å². The van der Waals surface area contributed by atoms with Crippen LogP contribution in [0, 0.1) is 0 Å². The van der Waals surface area contributed by atoms with Crippen LogP contribution >= 0.6 is 0 Å². The van der Waals surface area contributed by atoms with Crippen LogP contribution in [0.4, 0.5) is 26.3 Å². The smallest absolute Gasteiger partial charge is 0.342 e. The minimum Gasteiger partial charge on any atom is -0.342 e. The molecule has 4 rings (SSSR count). The SMILES string of the molecule is Cn1nc(C(F)(F)F)cc1C(=O)NC1CCCn2nc(-c3ccnc(C(F)(F)F)c3)cc21. The van der Waals surface area contributed by atoms with E-state index in [1.807, 2.05) is 0 Å². The number of hydrogen-bond donors (Lipinski definition) is 1. The summed E-state index contributed by atoms with van der Waals surface area (Å²) in [5, 5.41) is 10.3. The van der Waals surface area contributed by atoms with Crippen molar-refractivity contribution in [3.8, 4) is 11.3 Å². The minimum atomic E-state index is -4.69. The van der Waals surface area contributed by atoms with Gasteiger partial charge < -0.3 is 5.32 Å². The van der Waals surface area contributed by atoms with Crippen LogP contribution in [0.15, 0.2) is 30.5 Å². The van der Waals surface area contributed by atoms with Crippen molar-refractivity contribution in [3.05, 3.63) is 53.2 Å². The van der Waals surface area contributed by atoms with Gasteiger partial charge in [-0.05, 0) is 31.0 Å². The van der Waals surface area contributed by atoms with E-state index < -0.39 is 35.7 Å². The second kappa shape index (κ2) is 7.64.